The summed E-state index contributed by atoms with van der Waals surface area (Å²) in [6.45, 7) is 7.85. The summed E-state index contributed by atoms with van der Waals surface area (Å²) in [6, 6.07) is 19.3. The minimum Gasteiger partial charge on any atom is -0.508 e. The first kappa shape index (κ1) is 28.7. The van der Waals surface area contributed by atoms with Crippen LogP contribution in [0.1, 0.15) is 44.2 Å². The smallest absolute Gasteiger partial charge is 0.410 e. The lowest BCUT2D eigenvalue weighted by molar-refractivity contribution is -0.0379. The van der Waals surface area contributed by atoms with Gasteiger partial charge in [0.1, 0.15) is 17.1 Å². The van der Waals surface area contributed by atoms with Crippen LogP contribution < -0.4 is 4.74 Å². The zero-order valence-corrected chi connectivity index (χ0v) is 23.2. The van der Waals surface area contributed by atoms with Gasteiger partial charge >= 0.3 is 6.09 Å². The van der Waals surface area contributed by atoms with Gasteiger partial charge in [0.2, 0.25) is 0 Å². The van der Waals surface area contributed by atoms with Gasteiger partial charge in [0.15, 0.2) is 6.79 Å². The van der Waals surface area contributed by atoms with Crippen LogP contribution in [-0.2, 0) is 25.6 Å². The number of nitrogens with zero attached hydrogens (tertiary/aromatic N) is 1. The molecule has 1 aliphatic rings. The van der Waals surface area contributed by atoms with Gasteiger partial charge in [0.05, 0.1) is 32.5 Å². The number of methoxy groups -OCH3 is 1. The molecule has 2 atom stereocenters. The molecule has 0 aromatic heterocycles. The van der Waals surface area contributed by atoms with Crippen molar-refractivity contribution in [2.75, 3.05) is 40.2 Å². The van der Waals surface area contributed by atoms with Crippen molar-refractivity contribution in [1.82, 2.24) is 4.90 Å². The molecule has 8 heteroatoms. The lowest BCUT2D eigenvalue weighted by atomic mass is 9.87. The highest BCUT2D eigenvalue weighted by molar-refractivity contribution is 5.89. The molecule has 1 heterocycles. The number of piperidine rings is 1. The summed E-state index contributed by atoms with van der Waals surface area (Å²) >= 11 is 0. The molecule has 1 amide bonds. The Hall–Kier alpha value is -3.33. The van der Waals surface area contributed by atoms with Gasteiger partial charge < -0.3 is 33.7 Å². The number of carbonyl (C=O) groups excluding carboxylic acids is 1. The number of phenols is 1. The van der Waals surface area contributed by atoms with Crippen LogP contribution in [0, 0.1) is 0 Å². The fraction of sp³-hybridized carbons (Fsp3) is 0.452. The van der Waals surface area contributed by atoms with Gasteiger partial charge in [0, 0.05) is 30.5 Å². The van der Waals surface area contributed by atoms with Crippen LogP contribution in [0.25, 0.3) is 10.8 Å². The summed E-state index contributed by atoms with van der Waals surface area (Å²) in [7, 11) is 1.63. The Kier molecular flexibility index (Phi) is 9.67. The van der Waals surface area contributed by atoms with E-state index in [4.69, 9.17) is 23.7 Å². The molecule has 8 nitrogen and oxygen atoms in total. The van der Waals surface area contributed by atoms with Gasteiger partial charge in [-0.3, -0.25) is 0 Å². The molecule has 1 aliphatic heterocycles. The molecule has 0 spiro atoms. The molecule has 1 saturated heterocycles. The SMILES string of the molecule is COCCOCOc1c(COC2CN(C(=O)OC(C)(C)C)CCC2c2ccc(O)cc2)ccc2ccccc12. The summed E-state index contributed by atoms with van der Waals surface area (Å²) in [5.74, 6) is 0.978. The summed E-state index contributed by atoms with van der Waals surface area (Å²) < 4.78 is 28.9. The van der Waals surface area contributed by atoms with E-state index >= 15 is 0 Å². The van der Waals surface area contributed by atoms with Crippen molar-refractivity contribution in [3.05, 3.63) is 71.8 Å². The fourth-order valence-electron chi connectivity index (χ4n) is 4.75. The van der Waals surface area contributed by atoms with Crippen LogP contribution in [0.4, 0.5) is 4.79 Å². The predicted molar refractivity (Wildman–Crippen MR) is 149 cm³/mol. The molecule has 0 saturated carbocycles. The van der Waals surface area contributed by atoms with Crippen molar-refractivity contribution in [2.24, 2.45) is 0 Å². The molecule has 210 valence electrons. The van der Waals surface area contributed by atoms with Crippen molar-refractivity contribution in [3.8, 4) is 11.5 Å². The average Bonchev–Trinajstić information content (AvgIpc) is 2.91. The van der Waals surface area contributed by atoms with Crippen molar-refractivity contribution in [3.63, 3.8) is 0 Å². The first-order chi connectivity index (χ1) is 18.7. The third kappa shape index (κ3) is 7.85. The van der Waals surface area contributed by atoms with Crippen LogP contribution in [0.5, 0.6) is 11.5 Å². The zero-order chi connectivity index (χ0) is 27.8. The maximum absolute atomic E-state index is 12.9. The Morgan fingerprint density at radius 1 is 1.03 bits per heavy atom. The Morgan fingerprint density at radius 3 is 2.54 bits per heavy atom. The van der Waals surface area contributed by atoms with Gasteiger partial charge in [-0.05, 0) is 50.3 Å². The van der Waals surface area contributed by atoms with Crippen molar-refractivity contribution in [2.45, 2.75) is 51.4 Å². The monoisotopic (exact) mass is 537 g/mol. The maximum atomic E-state index is 12.9. The summed E-state index contributed by atoms with van der Waals surface area (Å²) in [5.41, 5.74) is 1.37. The minimum atomic E-state index is -0.579. The second kappa shape index (κ2) is 13.2. The lowest BCUT2D eigenvalue weighted by Gasteiger charge is -2.39. The first-order valence-corrected chi connectivity index (χ1v) is 13.3. The Labute approximate surface area is 230 Å². The van der Waals surface area contributed by atoms with E-state index in [1.807, 2.05) is 63.2 Å². The number of ether oxygens (including phenoxy) is 5. The van der Waals surface area contributed by atoms with Crippen LogP contribution in [-0.4, -0.2) is 68.0 Å². The number of benzene rings is 3. The third-order valence-corrected chi connectivity index (χ3v) is 6.66. The van der Waals surface area contributed by atoms with Crippen molar-refractivity contribution in [1.29, 1.82) is 0 Å². The number of aromatic hydroxyl groups is 1. The highest BCUT2D eigenvalue weighted by atomic mass is 16.7. The Bertz CT molecular complexity index is 1220. The molecule has 3 aromatic rings. The molecule has 1 N–H and O–H groups in total. The topological polar surface area (TPSA) is 86.7 Å². The molecule has 1 fully saturated rings. The molecular weight excluding hydrogens is 498 g/mol. The highest BCUT2D eigenvalue weighted by Crippen LogP contribution is 2.35. The molecule has 3 aromatic carbocycles. The molecule has 4 rings (SSSR count). The predicted octanol–water partition coefficient (Wildman–Crippen LogP) is 5.85. The van der Waals surface area contributed by atoms with E-state index < -0.39 is 5.60 Å². The Morgan fingerprint density at radius 2 is 1.79 bits per heavy atom. The summed E-state index contributed by atoms with van der Waals surface area (Å²) in [6.07, 6.45) is 0.0830. The highest BCUT2D eigenvalue weighted by Gasteiger charge is 2.35. The lowest BCUT2D eigenvalue weighted by Crippen LogP contribution is -2.48. The molecule has 0 bridgehead atoms. The van der Waals surface area contributed by atoms with Gasteiger partial charge in [-0.1, -0.05) is 48.5 Å². The quantitative estimate of drug-likeness (QED) is 0.256. The number of likely N-dealkylation sites (tertiary alicyclic amines) is 1. The Balaban J connectivity index is 1.55. The number of hydrogen-bond acceptors (Lipinski definition) is 7. The standard InChI is InChI=1S/C31H39NO7/c1-31(2,3)39-30(34)32-16-15-26(23-11-13-25(33)14-12-23)28(19-32)37-20-24-10-9-22-7-5-6-8-27(22)29(24)38-21-36-18-17-35-4/h5-14,26,28,33H,15-21H2,1-4H3. The number of amides is 1. The largest absolute Gasteiger partial charge is 0.508 e. The first-order valence-electron chi connectivity index (χ1n) is 13.3. The fourth-order valence-corrected chi connectivity index (χ4v) is 4.75. The minimum absolute atomic E-state index is 0.0477. The van der Waals surface area contributed by atoms with Gasteiger partial charge in [-0.25, -0.2) is 4.79 Å². The molecule has 2 unspecified atom stereocenters. The van der Waals surface area contributed by atoms with Gasteiger partial charge in [-0.2, -0.15) is 0 Å². The second-order valence-electron chi connectivity index (χ2n) is 10.7. The number of carbonyl (C=O) groups is 1. The second-order valence-corrected chi connectivity index (χ2v) is 10.7. The summed E-state index contributed by atoms with van der Waals surface area (Å²) in [4.78, 5) is 14.6. The van der Waals surface area contributed by atoms with E-state index in [9.17, 15) is 9.90 Å². The molecule has 0 aliphatic carbocycles. The van der Waals surface area contributed by atoms with E-state index in [1.165, 1.54) is 0 Å². The number of phenolic OH excluding ortho intramolecular Hbond substituents is 1. The number of hydrogen-bond donors (Lipinski definition) is 1. The maximum Gasteiger partial charge on any atom is 0.410 e. The summed E-state index contributed by atoms with van der Waals surface area (Å²) in [5, 5.41) is 11.8. The van der Waals surface area contributed by atoms with E-state index in [1.54, 1.807) is 24.1 Å². The number of rotatable bonds is 10. The van der Waals surface area contributed by atoms with E-state index in [2.05, 4.69) is 6.07 Å². The van der Waals surface area contributed by atoms with E-state index in [-0.39, 0.29) is 30.7 Å². The zero-order valence-electron chi connectivity index (χ0n) is 23.2. The van der Waals surface area contributed by atoms with Crippen LogP contribution in [0.15, 0.2) is 60.7 Å². The van der Waals surface area contributed by atoms with Crippen molar-refractivity contribution < 1.29 is 33.6 Å². The van der Waals surface area contributed by atoms with Gasteiger partial charge in [-0.15, -0.1) is 0 Å². The average molecular weight is 538 g/mol. The molecular formula is C31H39NO7. The van der Waals surface area contributed by atoms with Crippen LogP contribution in [0.3, 0.4) is 0 Å². The van der Waals surface area contributed by atoms with Crippen molar-refractivity contribution >= 4 is 16.9 Å². The molecule has 0 radical (unpaired) electrons. The third-order valence-electron chi connectivity index (χ3n) is 6.66. The normalized spacial score (nSPS) is 17.8. The van der Waals surface area contributed by atoms with E-state index in [0.717, 1.165) is 21.9 Å². The van der Waals surface area contributed by atoms with Crippen LogP contribution >= 0.6 is 0 Å². The van der Waals surface area contributed by atoms with Gasteiger partial charge in [0.25, 0.3) is 0 Å². The number of fused-ring (bicyclic) bond motifs is 1. The van der Waals surface area contributed by atoms with Crippen LogP contribution in [0.2, 0.25) is 0 Å². The molecule has 39 heavy (non-hydrogen) atoms. The van der Waals surface area contributed by atoms with E-state index in [0.29, 0.717) is 45.1 Å².